The first kappa shape index (κ1) is 12.2. The molecule has 0 amide bonds. The van der Waals surface area contributed by atoms with E-state index >= 15 is 0 Å². The van der Waals surface area contributed by atoms with Gasteiger partial charge in [0, 0.05) is 10.6 Å². The first-order chi connectivity index (χ1) is 8.22. The number of rotatable bonds is 2. The van der Waals surface area contributed by atoms with E-state index in [1.54, 1.807) is 18.2 Å². The Bertz CT molecular complexity index is 436. The highest BCUT2D eigenvalue weighted by Gasteiger charge is 2.24. The van der Waals surface area contributed by atoms with Crippen LogP contribution in [0.15, 0.2) is 18.2 Å². The van der Waals surface area contributed by atoms with E-state index < -0.39 is 6.04 Å². The smallest absolute Gasteiger partial charge is 0.127 e. The molecule has 2 rings (SSSR count). The molecule has 0 bridgehead atoms. The van der Waals surface area contributed by atoms with Gasteiger partial charge in [0.25, 0.3) is 0 Å². The lowest BCUT2D eigenvalue weighted by atomic mass is 10.0. The van der Waals surface area contributed by atoms with Gasteiger partial charge in [0.1, 0.15) is 11.8 Å². The Balaban J connectivity index is 2.28. The summed E-state index contributed by atoms with van der Waals surface area (Å²) in [7, 11) is 0. The van der Waals surface area contributed by atoms with Crippen molar-refractivity contribution in [2.75, 3.05) is 13.1 Å². The molecule has 0 aliphatic carbocycles. The summed E-state index contributed by atoms with van der Waals surface area (Å²) in [6.07, 6.45) is 3.44. The van der Waals surface area contributed by atoms with Crippen LogP contribution in [0.5, 0.6) is 5.75 Å². The van der Waals surface area contributed by atoms with E-state index in [1.807, 2.05) is 0 Å². The van der Waals surface area contributed by atoms with E-state index in [1.165, 1.54) is 6.42 Å². The molecule has 1 aliphatic rings. The lowest BCUT2D eigenvalue weighted by Crippen LogP contribution is -2.33. The molecule has 1 heterocycles. The Morgan fingerprint density at radius 1 is 1.29 bits per heavy atom. The highest BCUT2D eigenvalue weighted by atomic mass is 35.5. The third-order valence-corrected chi connectivity index (χ3v) is 3.40. The molecule has 1 aromatic rings. The molecule has 1 aliphatic heterocycles. The molecule has 3 nitrogen and oxygen atoms in total. The van der Waals surface area contributed by atoms with Crippen molar-refractivity contribution in [1.82, 2.24) is 4.90 Å². The predicted octanol–water partition coefficient (Wildman–Crippen LogP) is 3.10. The number of aromatic hydroxyl groups is 1. The molecule has 0 spiro atoms. The van der Waals surface area contributed by atoms with Gasteiger partial charge >= 0.3 is 0 Å². The number of likely N-dealkylation sites (tertiary alicyclic amines) is 1. The Labute approximate surface area is 106 Å². The standard InChI is InChI=1S/C13H15ClN2O/c14-10-4-5-13(17)11(8-10)12(9-15)16-6-2-1-3-7-16/h4-5,8,12,17H,1-3,6-7H2. The third kappa shape index (κ3) is 2.71. The quantitative estimate of drug-likeness (QED) is 0.877. The molecule has 1 unspecified atom stereocenters. The van der Waals surface area contributed by atoms with Gasteiger partial charge in [-0.15, -0.1) is 0 Å². The van der Waals surface area contributed by atoms with Crippen LogP contribution in [0.2, 0.25) is 5.02 Å². The molecule has 0 aromatic heterocycles. The zero-order chi connectivity index (χ0) is 12.3. The Kier molecular flexibility index (Phi) is 3.88. The van der Waals surface area contributed by atoms with E-state index in [9.17, 15) is 10.4 Å². The van der Waals surface area contributed by atoms with Gasteiger partial charge in [0.2, 0.25) is 0 Å². The fraction of sp³-hybridized carbons (Fsp3) is 0.462. The van der Waals surface area contributed by atoms with Crippen LogP contribution >= 0.6 is 11.6 Å². The minimum atomic E-state index is -0.394. The largest absolute Gasteiger partial charge is 0.508 e. The zero-order valence-corrected chi connectivity index (χ0v) is 10.3. The van der Waals surface area contributed by atoms with Crippen LogP contribution in [0.4, 0.5) is 0 Å². The summed E-state index contributed by atoms with van der Waals surface area (Å²) in [5, 5.41) is 19.7. The average molecular weight is 251 g/mol. The first-order valence-electron chi connectivity index (χ1n) is 5.84. The minimum Gasteiger partial charge on any atom is -0.508 e. The summed E-state index contributed by atoms with van der Waals surface area (Å²) in [4.78, 5) is 2.11. The van der Waals surface area contributed by atoms with Gasteiger partial charge in [0.05, 0.1) is 6.07 Å². The lowest BCUT2D eigenvalue weighted by molar-refractivity contribution is 0.194. The van der Waals surface area contributed by atoms with Gasteiger partial charge in [-0.05, 0) is 44.1 Å². The van der Waals surface area contributed by atoms with E-state index in [0.29, 0.717) is 10.6 Å². The van der Waals surface area contributed by atoms with Crippen LogP contribution in [-0.2, 0) is 0 Å². The van der Waals surface area contributed by atoms with E-state index in [-0.39, 0.29) is 5.75 Å². The Morgan fingerprint density at radius 2 is 2.00 bits per heavy atom. The van der Waals surface area contributed by atoms with Crippen molar-refractivity contribution in [3.8, 4) is 11.8 Å². The van der Waals surface area contributed by atoms with Gasteiger partial charge in [-0.1, -0.05) is 18.0 Å². The molecule has 0 radical (unpaired) electrons. The summed E-state index contributed by atoms with van der Waals surface area (Å²) in [6.45, 7) is 1.81. The lowest BCUT2D eigenvalue weighted by Gasteiger charge is -2.30. The number of nitriles is 1. The van der Waals surface area contributed by atoms with Crippen LogP contribution < -0.4 is 0 Å². The maximum atomic E-state index is 9.83. The Hall–Kier alpha value is -1.24. The van der Waals surface area contributed by atoms with Gasteiger partial charge < -0.3 is 5.11 Å². The van der Waals surface area contributed by atoms with Crippen LogP contribution in [0.3, 0.4) is 0 Å². The maximum absolute atomic E-state index is 9.83. The topological polar surface area (TPSA) is 47.3 Å². The predicted molar refractivity (Wildman–Crippen MR) is 66.9 cm³/mol. The van der Waals surface area contributed by atoms with Crippen molar-refractivity contribution in [3.63, 3.8) is 0 Å². The van der Waals surface area contributed by atoms with Crippen molar-refractivity contribution in [2.24, 2.45) is 0 Å². The SMILES string of the molecule is N#CC(c1cc(Cl)ccc1O)N1CCCCC1. The molecule has 1 atom stereocenters. The third-order valence-electron chi connectivity index (χ3n) is 3.16. The van der Waals surface area contributed by atoms with E-state index in [0.717, 1.165) is 25.9 Å². The van der Waals surface area contributed by atoms with Crippen molar-refractivity contribution >= 4 is 11.6 Å². The second-order valence-electron chi connectivity index (χ2n) is 4.33. The van der Waals surface area contributed by atoms with Gasteiger partial charge in [-0.3, -0.25) is 4.90 Å². The van der Waals surface area contributed by atoms with Crippen LogP contribution in [-0.4, -0.2) is 23.1 Å². The zero-order valence-electron chi connectivity index (χ0n) is 9.56. The summed E-state index contributed by atoms with van der Waals surface area (Å²) in [5.41, 5.74) is 0.613. The number of nitrogens with zero attached hydrogens (tertiary/aromatic N) is 2. The van der Waals surface area contributed by atoms with Gasteiger partial charge in [-0.2, -0.15) is 5.26 Å². The number of benzene rings is 1. The second kappa shape index (κ2) is 5.39. The number of halogens is 1. The van der Waals surface area contributed by atoms with Crippen molar-refractivity contribution < 1.29 is 5.11 Å². The molecule has 0 saturated carbocycles. The van der Waals surface area contributed by atoms with E-state index in [2.05, 4.69) is 11.0 Å². The number of hydrogen-bond acceptors (Lipinski definition) is 3. The molecular formula is C13H15ClN2O. The molecule has 4 heteroatoms. The molecule has 90 valence electrons. The van der Waals surface area contributed by atoms with Crippen molar-refractivity contribution in [1.29, 1.82) is 5.26 Å². The average Bonchev–Trinajstić information content (AvgIpc) is 2.36. The normalized spacial score (nSPS) is 18.6. The monoisotopic (exact) mass is 250 g/mol. The summed E-state index contributed by atoms with van der Waals surface area (Å²) >= 11 is 5.92. The van der Waals surface area contributed by atoms with Gasteiger partial charge in [-0.25, -0.2) is 0 Å². The minimum absolute atomic E-state index is 0.145. The number of phenols is 1. The number of phenolic OH excluding ortho intramolecular Hbond substituents is 1. The van der Waals surface area contributed by atoms with Crippen LogP contribution in [0, 0.1) is 11.3 Å². The number of hydrogen-bond donors (Lipinski definition) is 1. The second-order valence-corrected chi connectivity index (χ2v) is 4.77. The fourth-order valence-electron chi connectivity index (χ4n) is 2.27. The molecule has 1 fully saturated rings. The Morgan fingerprint density at radius 3 is 2.65 bits per heavy atom. The molecule has 1 N–H and O–H groups in total. The molecule has 1 saturated heterocycles. The van der Waals surface area contributed by atoms with Crippen LogP contribution in [0.25, 0.3) is 0 Å². The fourth-order valence-corrected chi connectivity index (χ4v) is 2.45. The highest BCUT2D eigenvalue weighted by molar-refractivity contribution is 6.30. The maximum Gasteiger partial charge on any atom is 0.127 e. The van der Waals surface area contributed by atoms with E-state index in [4.69, 9.17) is 11.6 Å². The van der Waals surface area contributed by atoms with Crippen molar-refractivity contribution in [3.05, 3.63) is 28.8 Å². The summed E-state index contributed by atoms with van der Waals surface area (Å²) in [5.74, 6) is 0.145. The molecular weight excluding hydrogens is 236 g/mol. The molecule has 17 heavy (non-hydrogen) atoms. The highest BCUT2D eigenvalue weighted by Crippen LogP contribution is 2.32. The van der Waals surface area contributed by atoms with Gasteiger partial charge in [0.15, 0.2) is 0 Å². The first-order valence-corrected chi connectivity index (χ1v) is 6.22. The summed E-state index contributed by atoms with van der Waals surface area (Å²) in [6, 6.07) is 6.73. The summed E-state index contributed by atoms with van der Waals surface area (Å²) < 4.78 is 0. The molecule has 1 aromatic carbocycles. The van der Waals surface area contributed by atoms with Crippen molar-refractivity contribution in [2.45, 2.75) is 25.3 Å². The number of piperidine rings is 1. The van der Waals surface area contributed by atoms with Crippen LogP contribution in [0.1, 0.15) is 30.9 Å².